The van der Waals surface area contributed by atoms with Crippen molar-refractivity contribution < 1.29 is 14.3 Å². The monoisotopic (exact) mass is 327 g/mol. The predicted molar refractivity (Wildman–Crippen MR) is 76.2 cm³/mol. The molecular weight excluding hydrogens is 310 g/mol. The van der Waals surface area contributed by atoms with E-state index in [4.69, 9.17) is 9.47 Å². The normalized spacial score (nSPS) is 23.2. The minimum absolute atomic E-state index is 0.00183. The van der Waals surface area contributed by atoms with Crippen molar-refractivity contribution in [2.75, 3.05) is 19.7 Å². The zero-order valence-electron chi connectivity index (χ0n) is 11.1. The third-order valence-corrected chi connectivity index (χ3v) is 3.42. The number of hydrogen-bond donors (Lipinski definition) is 0. The first-order chi connectivity index (χ1) is 9.04. The first-order valence-corrected chi connectivity index (χ1v) is 7.15. The molecule has 0 saturated carbocycles. The molecular formula is C14H18BrNO3. The average Bonchev–Trinajstić information content (AvgIpc) is 2.35. The summed E-state index contributed by atoms with van der Waals surface area (Å²) in [5, 5.41) is 0. The molecule has 0 N–H and O–H groups in total. The Hall–Kier alpha value is -1.07. The summed E-state index contributed by atoms with van der Waals surface area (Å²) in [6.45, 7) is 5.28. The number of carbonyl (C=O) groups is 1. The Morgan fingerprint density at radius 1 is 1.42 bits per heavy atom. The maximum absolute atomic E-state index is 12.1. The van der Waals surface area contributed by atoms with Gasteiger partial charge in [-0.3, -0.25) is 4.79 Å². The Labute approximate surface area is 121 Å². The molecule has 0 aromatic heterocycles. The molecule has 104 valence electrons. The third-order valence-electron chi connectivity index (χ3n) is 2.93. The van der Waals surface area contributed by atoms with Crippen molar-refractivity contribution in [3.05, 3.63) is 28.7 Å². The molecule has 1 saturated heterocycles. The van der Waals surface area contributed by atoms with Crippen molar-refractivity contribution in [1.82, 2.24) is 4.90 Å². The van der Waals surface area contributed by atoms with Crippen molar-refractivity contribution in [3.63, 3.8) is 0 Å². The van der Waals surface area contributed by atoms with Crippen LogP contribution in [0.4, 0.5) is 0 Å². The zero-order chi connectivity index (χ0) is 13.8. The lowest BCUT2D eigenvalue weighted by Gasteiger charge is -2.35. The quantitative estimate of drug-likeness (QED) is 0.856. The Balaban J connectivity index is 1.87. The molecule has 1 fully saturated rings. The summed E-state index contributed by atoms with van der Waals surface area (Å²) in [6.07, 6.45) is 0.164. The minimum atomic E-state index is 0.00183. The highest BCUT2D eigenvalue weighted by atomic mass is 79.9. The van der Waals surface area contributed by atoms with E-state index in [0.29, 0.717) is 18.8 Å². The van der Waals surface area contributed by atoms with Gasteiger partial charge in [0, 0.05) is 17.6 Å². The molecule has 0 bridgehead atoms. The van der Waals surface area contributed by atoms with E-state index in [1.54, 1.807) is 4.90 Å². The van der Waals surface area contributed by atoms with Crippen LogP contribution in [-0.2, 0) is 9.53 Å². The fraction of sp³-hybridized carbons (Fsp3) is 0.500. The second kappa shape index (κ2) is 6.39. The maximum Gasteiger partial charge on any atom is 0.260 e. The molecule has 2 rings (SSSR count). The molecule has 0 radical (unpaired) electrons. The van der Waals surface area contributed by atoms with E-state index in [1.807, 2.05) is 38.1 Å². The molecule has 1 amide bonds. The lowest BCUT2D eigenvalue weighted by atomic mass is 10.2. The second-order valence-corrected chi connectivity index (χ2v) is 5.72. The van der Waals surface area contributed by atoms with Gasteiger partial charge in [0.25, 0.3) is 5.91 Å². The van der Waals surface area contributed by atoms with Crippen LogP contribution < -0.4 is 4.74 Å². The van der Waals surface area contributed by atoms with Gasteiger partial charge >= 0.3 is 0 Å². The van der Waals surface area contributed by atoms with Crippen LogP contribution in [0.25, 0.3) is 0 Å². The maximum atomic E-state index is 12.1. The van der Waals surface area contributed by atoms with Gasteiger partial charge in [-0.2, -0.15) is 0 Å². The van der Waals surface area contributed by atoms with Crippen molar-refractivity contribution in [2.45, 2.75) is 26.1 Å². The van der Waals surface area contributed by atoms with E-state index in [9.17, 15) is 4.79 Å². The molecule has 1 aromatic rings. The molecule has 0 unspecified atom stereocenters. The van der Waals surface area contributed by atoms with Gasteiger partial charge in [0.15, 0.2) is 6.61 Å². The Morgan fingerprint density at radius 2 is 2.11 bits per heavy atom. The van der Waals surface area contributed by atoms with E-state index in [0.717, 1.165) is 4.47 Å². The van der Waals surface area contributed by atoms with Gasteiger partial charge in [-0.15, -0.1) is 0 Å². The Kier molecular flexibility index (Phi) is 4.82. The molecule has 0 aliphatic carbocycles. The highest BCUT2D eigenvalue weighted by molar-refractivity contribution is 9.10. The van der Waals surface area contributed by atoms with Crippen LogP contribution in [0.5, 0.6) is 5.75 Å². The molecule has 1 heterocycles. The minimum Gasteiger partial charge on any atom is -0.484 e. The predicted octanol–water partition coefficient (Wildman–Crippen LogP) is 2.46. The number of nitrogens with zero attached hydrogens (tertiary/aromatic N) is 1. The number of morpholine rings is 1. The van der Waals surface area contributed by atoms with Crippen molar-refractivity contribution in [2.24, 2.45) is 0 Å². The second-order valence-electron chi connectivity index (χ2n) is 4.80. The van der Waals surface area contributed by atoms with Crippen LogP contribution in [0.1, 0.15) is 13.8 Å². The van der Waals surface area contributed by atoms with Crippen LogP contribution in [0, 0.1) is 0 Å². The Bertz CT molecular complexity index is 442. The number of rotatable bonds is 3. The summed E-state index contributed by atoms with van der Waals surface area (Å²) in [6, 6.07) is 7.48. The lowest BCUT2D eigenvalue weighted by Crippen LogP contribution is -2.49. The molecule has 19 heavy (non-hydrogen) atoms. The SMILES string of the molecule is C[C@@H]1CN(C(=O)COc2cccc(Br)c2)C[C@H](C)O1. The molecule has 2 atom stereocenters. The summed E-state index contributed by atoms with van der Waals surface area (Å²) in [5.74, 6) is 0.694. The lowest BCUT2D eigenvalue weighted by molar-refractivity contribution is -0.145. The molecule has 5 heteroatoms. The number of halogens is 1. The molecule has 1 aliphatic rings. The largest absolute Gasteiger partial charge is 0.484 e. The topological polar surface area (TPSA) is 38.8 Å². The molecule has 1 aromatic carbocycles. The van der Waals surface area contributed by atoms with Gasteiger partial charge < -0.3 is 14.4 Å². The van der Waals surface area contributed by atoms with Gasteiger partial charge in [-0.25, -0.2) is 0 Å². The fourth-order valence-corrected chi connectivity index (χ4v) is 2.55. The molecule has 1 aliphatic heterocycles. The summed E-state index contributed by atoms with van der Waals surface area (Å²) < 4.78 is 12.1. The average molecular weight is 328 g/mol. The van der Waals surface area contributed by atoms with Gasteiger partial charge in [-0.05, 0) is 32.0 Å². The number of carbonyl (C=O) groups excluding carboxylic acids is 1. The summed E-state index contributed by atoms with van der Waals surface area (Å²) >= 11 is 3.37. The van der Waals surface area contributed by atoms with Crippen LogP contribution >= 0.6 is 15.9 Å². The van der Waals surface area contributed by atoms with Crippen molar-refractivity contribution in [3.8, 4) is 5.75 Å². The number of hydrogen-bond acceptors (Lipinski definition) is 3. The molecule has 0 spiro atoms. The zero-order valence-corrected chi connectivity index (χ0v) is 12.7. The van der Waals surface area contributed by atoms with Crippen molar-refractivity contribution in [1.29, 1.82) is 0 Å². The smallest absolute Gasteiger partial charge is 0.260 e. The third kappa shape index (κ3) is 4.21. The van der Waals surface area contributed by atoms with E-state index in [-0.39, 0.29) is 24.7 Å². The van der Waals surface area contributed by atoms with E-state index in [2.05, 4.69) is 15.9 Å². The first-order valence-electron chi connectivity index (χ1n) is 6.36. The summed E-state index contributed by atoms with van der Waals surface area (Å²) in [5.41, 5.74) is 0. The standard InChI is InChI=1S/C14H18BrNO3/c1-10-7-16(8-11(2)19-10)14(17)9-18-13-5-3-4-12(15)6-13/h3-6,10-11H,7-9H2,1-2H3/t10-,11+. The van der Waals surface area contributed by atoms with E-state index < -0.39 is 0 Å². The number of amides is 1. The fourth-order valence-electron chi connectivity index (χ4n) is 2.17. The van der Waals surface area contributed by atoms with Gasteiger partial charge in [0.05, 0.1) is 12.2 Å². The van der Waals surface area contributed by atoms with Gasteiger partial charge in [0.2, 0.25) is 0 Å². The highest BCUT2D eigenvalue weighted by Crippen LogP contribution is 2.18. The first kappa shape index (κ1) is 14.3. The Morgan fingerprint density at radius 3 is 2.74 bits per heavy atom. The van der Waals surface area contributed by atoms with Gasteiger partial charge in [-0.1, -0.05) is 22.0 Å². The summed E-state index contributed by atoms with van der Waals surface area (Å²) in [7, 11) is 0. The van der Waals surface area contributed by atoms with Gasteiger partial charge in [0.1, 0.15) is 5.75 Å². The van der Waals surface area contributed by atoms with Crippen LogP contribution in [0.15, 0.2) is 28.7 Å². The number of ether oxygens (including phenoxy) is 2. The van der Waals surface area contributed by atoms with E-state index >= 15 is 0 Å². The summed E-state index contributed by atoms with van der Waals surface area (Å²) in [4.78, 5) is 13.9. The van der Waals surface area contributed by atoms with E-state index in [1.165, 1.54) is 0 Å². The van der Waals surface area contributed by atoms with Crippen LogP contribution in [0.2, 0.25) is 0 Å². The van der Waals surface area contributed by atoms with Crippen LogP contribution in [-0.4, -0.2) is 42.7 Å². The van der Waals surface area contributed by atoms with Crippen LogP contribution in [0.3, 0.4) is 0 Å². The van der Waals surface area contributed by atoms with Crippen molar-refractivity contribution >= 4 is 21.8 Å². The number of benzene rings is 1. The highest BCUT2D eigenvalue weighted by Gasteiger charge is 2.25. The molecule has 4 nitrogen and oxygen atoms in total.